The fourth-order valence-corrected chi connectivity index (χ4v) is 1.43. The second-order valence-electron chi connectivity index (χ2n) is 4.00. The second-order valence-corrected chi connectivity index (χ2v) is 4.00. The number of amides is 2. The first kappa shape index (κ1) is 16.2. The molecule has 7 nitrogen and oxygen atoms in total. The van der Waals surface area contributed by atoms with Gasteiger partial charge < -0.3 is 20.1 Å². The van der Waals surface area contributed by atoms with E-state index in [4.69, 9.17) is 5.11 Å². The van der Waals surface area contributed by atoms with Crippen LogP contribution in [0.3, 0.4) is 0 Å². The van der Waals surface area contributed by atoms with Crippen LogP contribution < -0.4 is 5.32 Å². The summed E-state index contributed by atoms with van der Waals surface area (Å²) in [7, 11) is 1.16. The average molecular weight is 260 g/mol. The summed E-state index contributed by atoms with van der Waals surface area (Å²) in [5, 5.41) is 11.2. The van der Waals surface area contributed by atoms with Gasteiger partial charge >= 0.3 is 18.0 Å². The van der Waals surface area contributed by atoms with Crippen molar-refractivity contribution in [2.75, 3.05) is 13.7 Å². The van der Waals surface area contributed by atoms with Crippen molar-refractivity contribution in [1.82, 2.24) is 10.2 Å². The lowest BCUT2D eigenvalue weighted by molar-refractivity contribution is -0.147. The summed E-state index contributed by atoms with van der Waals surface area (Å²) in [6.07, 6.45) is -0.396. The van der Waals surface area contributed by atoms with E-state index >= 15 is 0 Å². The van der Waals surface area contributed by atoms with E-state index in [1.54, 1.807) is 6.92 Å². The van der Waals surface area contributed by atoms with Gasteiger partial charge in [0.25, 0.3) is 0 Å². The Balaban J connectivity index is 4.63. The lowest BCUT2D eigenvalue weighted by Crippen LogP contribution is -2.50. The minimum Gasteiger partial charge on any atom is -0.480 e. The van der Waals surface area contributed by atoms with E-state index in [-0.39, 0.29) is 6.04 Å². The van der Waals surface area contributed by atoms with Gasteiger partial charge in [0, 0.05) is 12.6 Å². The van der Waals surface area contributed by atoms with Crippen LogP contribution in [0.25, 0.3) is 0 Å². The summed E-state index contributed by atoms with van der Waals surface area (Å²) in [5.74, 6) is -1.95. The Bertz CT molecular complexity index is 317. The normalized spacial score (nSPS) is 11.8. The van der Waals surface area contributed by atoms with Crippen LogP contribution >= 0.6 is 0 Å². The molecule has 0 saturated carbocycles. The maximum Gasteiger partial charge on any atom is 0.326 e. The Labute approximate surface area is 106 Å². The van der Waals surface area contributed by atoms with Gasteiger partial charge in [-0.15, -0.1) is 0 Å². The molecule has 0 aliphatic rings. The van der Waals surface area contributed by atoms with Crippen molar-refractivity contribution in [3.05, 3.63) is 0 Å². The Morgan fingerprint density at radius 1 is 1.33 bits per heavy atom. The Morgan fingerprint density at radius 3 is 2.22 bits per heavy atom. The number of ether oxygens (including phenoxy) is 1. The third-order valence-corrected chi connectivity index (χ3v) is 2.42. The minimum absolute atomic E-state index is 0.0532. The number of carboxylic acid groups (broad SMARTS) is 1. The summed E-state index contributed by atoms with van der Waals surface area (Å²) in [6, 6.07) is -1.84. The maximum absolute atomic E-state index is 11.8. The smallest absolute Gasteiger partial charge is 0.326 e. The van der Waals surface area contributed by atoms with Crippen LogP contribution in [0.5, 0.6) is 0 Å². The number of hydrogen-bond donors (Lipinski definition) is 2. The highest BCUT2D eigenvalue weighted by Crippen LogP contribution is 2.01. The Hall–Kier alpha value is -1.79. The fourth-order valence-electron chi connectivity index (χ4n) is 1.43. The van der Waals surface area contributed by atoms with Gasteiger partial charge in [0.1, 0.15) is 6.04 Å². The molecule has 7 heteroatoms. The molecule has 18 heavy (non-hydrogen) atoms. The van der Waals surface area contributed by atoms with E-state index in [1.165, 1.54) is 4.90 Å². The van der Waals surface area contributed by atoms with Gasteiger partial charge in [-0.05, 0) is 20.8 Å². The molecule has 0 aliphatic heterocycles. The number of rotatable bonds is 6. The monoisotopic (exact) mass is 260 g/mol. The predicted octanol–water partition coefficient (Wildman–Crippen LogP) is 0.443. The van der Waals surface area contributed by atoms with E-state index in [0.717, 1.165) is 7.11 Å². The third-order valence-electron chi connectivity index (χ3n) is 2.42. The van der Waals surface area contributed by atoms with Crippen molar-refractivity contribution in [1.29, 1.82) is 0 Å². The third kappa shape index (κ3) is 5.03. The van der Waals surface area contributed by atoms with E-state index in [2.05, 4.69) is 10.1 Å². The van der Waals surface area contributed by atoms with E-state index in [9.17, 15) is 14.4 Å². The predicted molar refractivity (Wildman–Crippen MR) is 64.1 cm³/mol. The first-order valence-electron chi connectivity index (χ1n) is 5.70. The zero-order valence-corrected chi connectivity index (χ0v) is 11.1. The standard InChI is InChI=1S/C11H20N2O5/c1-5-13(7(2)3)11(17)12-8(10(15)16)6-9(14)18-4/h7-8H,5-6H2,1-4H3,(H,12,17)(H,15,16)/t8-/m0/s1. The second kappa shape index (κ2) is 7.52. The van der Waals surface area contributed by atoms with Crippen molar-refractivity contribution in [3.8, 4) is 0 Å². The first-order valence-corrected chi connectivity index (χ1v) is 5.70. The van der Waals surface area contributed by atoms with Crippen LogP contribution in [0.4, 0.5) is 4.79 Å². The summed E-state index contributed by atoms with van der Waals surface area (Å²) >= 11 is 0. The number of urea groups is 1. The van der Waals surface area contributed by atoms with E-state index in [0.29, 0.717) is 6.54 Å². The number of carbonyl (C=O) groups excluding carboxylic acids is 2. The quantitative estimate of drug-likeness (QED) is 0.676. The molecular formula is C11H20N2O5. The summed E-state index contributed by atoms with van der Waals surface area (Å²) in [5.41, 5.74) is 0. The molecule has 1 atom stereocenters. The van der Waals surface area contributed by atoms with Crippen LogP contribution in [0.1, 0.15) is 27.2 Å². The maximum atomic E-state index is 11.8. The number of esters is 1. The van der Waals surface area contributed by atoms with Gasteiger partial charge in [0.05, 0.1) is 13.5 Å². The number of carbonyl (C=O) groups is 3. The summed E-state index contributed by atoms with van der Waals surface area (Å²) < 4.78 is 4.38. The number of carboxylic acids is 1. The molecule has 0 saturated heterocycles. The van der Waals surface area contributed by atoms with Gasteiger partial charge in [-0.2, -0.15) is 0 Å². The molecular weight excluding hydrogens is 240 g/mol. The van der Waals surface area contributed by atoms with Crippen molar-refractivity contribution < 1.29 is 24.2 Å². The SMILES string of the molecule is CCN(C(=O)N[C@@H](CC(=O)OC)C(=O)O)C(C)C. The molecule has 0 rings (SSSR count). The molecule has 0 aromatic heterocycles. The van der Waals surface area contributed by atoms with Crippen molar-refractivity contribution in [2.24, 2.45) is 0 Å². The van der Waals surface area contributed by atoms with Crippen molar-refractivity contribution >= 4 is 18.0 Å². The van der Waals surface area contributed by atoms with Crippen LogP contribution in [0.2, 0.25) is 0 Å². The van der Waals surface area contributed by atoms with Gasteiger partial charge in [-0.25, -0.2) is 9.59 Å². The average Bonchev–Trinajstić information content (AvgIpc) is 2.27. The molecule has 0 aliphatic carbocycles. The molecule has 0 unspecified atom stereocenters. The van der Waals surface area contributed by atoms with Gasteiger partial charge in [-0.3, -0.25) is 4.79 Å². The Morgan fingerprint density at radius 2 is 1.89 bits per heavy atom. The van der Waals surface area contributed by atoms with E-state index in [1.807, 2.05) is 13.8 Å². The lowest BCUT2D eigenvalue weighted by atomic mass is 10.2. The minimum atomic E-state index is -1.28. The zero-order valence-electron chi connectivity index (χ0n) is 11.1. The highest BCUT2D eigenvalue weighted by Gasteiger charge is 2.26. The topological polar surface area (TPSA) is 95.9 Å². The van der Waals surface area contributed by atoms with Gasteiger partial charge in [-0.1, -0.05) is 0 Å². The molecule has 0 fully saturated rings. The highest BCUT2D eigenvalue weighted by atomic mass is 16.5. The van der Waals surface area contributed by atoms with Crippen LogP contribution in [0.15, 0.2) is 0 Å². The lowest BCUT2D eigenvalue weighted by Gasteiger charge is -2.27. The largest absolute Gasteiger partial charge is 0.480 e. The van der Waals surface area contributed by atoms with Gasteiger partial charge in [0.2, 0.25) is 0 Å². The fraction of sp³-hybridized carbons (Fsp3) is 0.727. The molecule has 0 bridgehead atoms. The Kier molecular flexibility index (Phi) is 6.77. The van der Waals surface area contributed by atoms with E-state index < -0.39 is 30.4 Å². The number of nitrogens with one attached hydrogen (secondary N) is 1. The number of methoxy groups -OCH3 is 1. The van der Waals surface area contributed by atoms with Crippen LogP contribution in [0, 0.1) is 0 Å². The summed E-state index contributed by atoms with van der Waals surface area (Å²) in [6.45, 7) is 5.88. The first-order chi connectivity index (χ1) is 8.33. The molecule has 2 amide bonds. The number of aliphatic carboxylic acids is 1. The number of nitrogens with zero attached hydrogens (tertiary/aromatic N) is 1. The van der Waals surface area contributed by atoms with Crippen LogP contribution in [-0.2, 0) is 14.3 Å². The molecule has 0 radical (unpaired) electrons. The number of hydrogen-bond acceptors (Lipinski definition) is 4. The van der Waals surface area contributed by atoms with Crippen molar-refractivity contribution in [2.45, 2.75) is 39.3 Å². The molecule has 2 N–H and O–H groups in total. The highest BCUT2D eigenvalue weighted by molar-refractivity contribution is 5.86. The molecule has 0 aromatic rings. The van der Waals surface area contributed by atoms with Gasteiger partial charge in [0.15, 0.2) is 0 Å². The molecule has 0 heterocycles. The van der Waals surface area contributed by atoms with Crippen molar-refractivity contribution in [3.63, 3.8) is 0 Å². The molecule has 0 spiro atoms. The zero-order chi connectivity index (χ0) is 14.3. The molecule has 0 aromatic carbocycles. The molecule has 104 valence electrons. The van der Waals surface area contributed by atoms with Crippen LogP contribution in [-0.4, -0.2) is 53.7 Å². The summed E-state index contributed by atoms with van der Waals surface area (Å²) in [4.78, 5) is 35.2.